The number of alkyl carbamates (subject to hydrolysis) is 1. The molecule has 3 fully saturated rings. The second kappa shape index (κ2) is 8.90. The summed E-state index contributed by atoms with van der Waals surface area (Å²) in [6.07, 6.45) is 5.09. The number of nitrogens with one attached hydrogen (secondary N) is 1. The van der Waals surface area contributed by atoms with Crippen molar-refractivity contribution in [1.82, 2.24) is 25.5 Å². The molecule has 0 radical (unpaired) electrons. The van der Waals surface area contributed by atoms with Crippen molar-refractivity contribution < 1.29 is 19.2 Å². The number of unbranched alkanes of at least 4 members (excludes halogenated alkanes) is 1. The third-order valence-electron chi connectivity index (χ3n) is 6.00. The standard InChI is InChI=1S/C21H33N5O4S/c1-5-6-9-29-26-15-7-8-16(25(12-15)20(26)28)18-24-23-17(31-18)13-10-14(11-13)22-19(27)30-21(2,3)4/h13-16H,5-12H2,1-4H3,(H,22,27)/t13-,14+,15-,16-/m0/s1. The van der Waals surface area contributed by atoms with Gasteiger partial charge in [-0.3, -0.25) is 4.84 Å². The fourth-order valence-electron chi connectivity index (χ4n) is 4.32. The van der Waals surface area contributed by atoms with Gasteiger partial charge in [0.25, 0.3) is 0 Å². The molecule has 0 aromatic carbocycles. The van der Waals surface area contributed by atoms with Crippen molar-refractivity contribution in [1.29, 1.82) is 0 Å². The summed E-state index contributed by atoms with van der Waals surface area (Å²) >= 11 is 1.60. The molecule has 172 valence electrons. The van der Waals surface area contributed by atoms with Gasteiger partial charge in [0, 0.05) is 18.5 Å². The number of nitrogens with zero attached hydrogens (tertiary/aromatic N) is 4. The topological polar surface area (TPSA) is 96.9 Å². The number of carbonyl (C=O) groups is 2. The number of piperidine rings is 1. The summed E-state index contributed by atoms with van der Waals surface area (Å²) in [4.78, 5) is 32.4. The van der Waals surface area contributed by atoms with E-state index in [4.69, 9.17) is 9.57 Å². The highest BCUT2D eigenvalue weighted by molar-refractivity contribution is 7.11. The number of aromatic nitrogens is 2. The summed E-state index contributed by atoms with van der Waals surface area (Å²) in [5.74, 6) is 0.297. The normalized spacial score (nSPS) is 27.9. The van der Waals surface area contributed by atoms with E-state index in [2.05, 4.69) is 22.4 Å². The molecule has 1 saturated carbocycles. The molecule has 31 heavy (non-hydrogen) atoms. The highest BCUT2D eigenvalue weighted by Gasteiger charge is 2.47. The molecule has 2 aliphatic heterocycles. The molecule has 2 atom stereocenters. The molecule has 9 nitrogen and oxygen atoms in total. The van der Waals surface area contributed by atoms with E-state index in [0.717, 1.165) is 48.5 Å². The second-order valence-corrected chi connectivity index (χ2v) is 10.7. The van der Waals surface area contributed by atoms with Gasteiger partial charge in [0.15, 0.2) is 0 Å². The highest BCUT2D eigenvalue weighted by Crippen LogP contribution is 2.43. The minimum absolute atomic E-state index is 0.0227. The van der Waals surface area contributed by atoms with Crippen molar-refractivity contribution in [2.24, 2.45) is 0 Å². The Bertz CT molecular complexity index is 804. The van der Waals surface area contributed by atoms with Crippen LogP contribution in [0.2, 0.25) is 0 Å². The SMILES string of the molecule is CCCCON1C(=O)N2C[C@@H]1CC[C@H]2c1nnc([C@H]2C[C@@H](NC(=O)OC(C)(C)C)C2)s1. The van der Waals surface area contributed by atoms with Gasteiger partial charge in [-0.1, -0.05) is 24.7 Å². The van der Waals surface area contributed by atoms with Gasteiger partial charge < -0.3 is 15.0 Å². The molecule has 3 aliphatic rings. The monoisotopic (exact) mass is 451 g/mol. The summed E-state index contributed by atoms with van der Waals surface area (Å²) in [6.45, 7) is 8.95. The Kier molecular flexibility index (Phi) is 6.39. The molecule has 0 unspecified atom stereocenters. The quantitative estimate of drug-likeness (QED) is 0.630. The van der Waals surface area contributed by atoms with E-state index in [9.17, 15) is 9.59 Å². The zero-order chi connectivity index (χ0) is 22.2. The van der Waals surface area contributed by atoms with Gasteiger partial charge in [-0.2, -0.15) is 5.06 Å². The maximum atomic E-state index is 12.8. The van der Waals surface area contributed by atoms with E-state index in [1.165, 1.54) is 0 Å². The van der Waals surface area contributed by atoms with Crippen LogP contribution in [0.3, 0.4) is 0 Å². The average molecular weight is 452 g/mol. The molecule has 3 heterocycles. The van der Waals surface area contributed by atoms with Crippen LogP contribution in [0.4, 0.5) is 9.59 Å². The van der Waals surface area contributed by atoms with E-state index in [0.29, 0.717) is 19.1 Å². The Morgan fingerprint density at radius 3 is 2.68 bits per heavy atom. The van der Waals surface area contributed by atoms with Gasteiger partial charge in [0.05, 0.1) is 18.7 Å². The fraction of sp³-hybridized carbons (Fsp3) is 0.810. The van der Waals surface area contributed by atoms with Crippen molar-refractivity contribution >= 4 is 23.5 Å². The van der Waals surface area contributed by atoms with E-state index >= 15 is 0 Å². The van der Waals surface area contributed by atoms with Crippen LogP contribution >= 0.6 is 11.3 Å². The lowest BCUT2D eigenvalue weighted by Crippen LogP contribution is -2.45. The molecule has 0 spiro atoms. The van der Waals surface area contributed by atoms with Crippen molar-refractivity contribution in [3.05, 3.63) is 10.0 Å². The largest absolute Gasteiger partial charge is 0.444 e. The molecular formula is C21H33N5O4S. The van der Waals surface area contributed by atoms with E-state index in [-0.39, 0.29) is 30.2 Å². The van der Waals surface area contributed by atoms with Crippen LogP contribution in [0.25, 0.3) is 0 Å². The minimum atomic E-state index is -0.496. The first kappa shape index (κ1) is 22.3. The first-order chi connectivity index (χ1) is 14.7. The van der Waals surface area contributed by atoms with E-state index in [1.807, 2.05) is 25.7 Å². The summed E-state index contributed by atoms with van der Waals surface area (Å²) in [7, 11) is 0. The molecule has 1 aliphatic carbocycles. The number of hydrogen-bond acceptors (Lipinski definition) is 7. The Morgan fingerprint density at radius 2 is 1.97 bits per heavy atom. The molecule has 2 bridgehead atoms. The molecule has 1 aromatic rings. The summed E-state index contributed by atoms with van der Waals surface area (Å²) in [5, 5.41) is 15.2. The summed E-state index contributed by atoms with van der Waals surface area (Å²) in [6, 6.07) is 0.173. The summed E-state index contributed by atoms with van der Waals surface area (Å²) < 4.78 is 5.32. The number of urea groups is 1. The first-order valence-electron chi connectivity index (χ1n) is 11.3. The van der Waals surface area contributed by atoms with E-state index < -0.39 is 5.60 Å². The number of carbonyl (C=O) groups excluding carboxylic acids is 2. The minimum Gasteiger partial charge on any atom is -0.444 e. The van der Waals surface area contributed by atoms with Crippen molar-refractivity contribution in [2.75, 3.05) is 13.2 Å². The number of ether oxygens (including phenoxy) is 1. The Balaban J connectivity index is 1.30. The van der Waals surface area contributed by atoms with Crippen molar-refractivity contribution in [3.8, 4) is 0 Å². The lowest BCUT2D eigenvalue weighted by molar-refractivity contribution is -0.130. The number of hydrogen-bond donors (Lipinski definition) is 1. The third kappa shape index (κ3) is 4.95. The molecule has 4 rings (SSSR count). The highest BCUT2D eigenvalue weighted by atomic mass is 32.1. The van der Waals surface area contributed by atoms with Gasteiger partial charge in [-0.25, -0.2) is 9.59 Å². The van der Waals surface area contributed by atoms with Crippen LogP contribution in [0.1, 0.15) is 88.2 Å². The van der Waals surface area contributed by atoms with Gasteiger partial charge in [-0.05, 0) is 52.9 Å². The van der Waals surface area contributed by atoms with Crippen LogP contribution < -0.4 is 5.32 Å². The molecule has 1 aromatic heterocycles. The third-order valence-corrected chi connectivity index (χ3v) is 7.19. The van der Waals surface area contributed by atoms with Gasteiger partial charge >= 0.3 is 12.1 Å². The van der Waals surface area contributed by atoms with E-state index in [1.54, 1.807) is 16.4 Å². The predicted octanol–water partition coefficient (Wildman–Crippen LogP) is 3.98. The van der Waals surface area contributed by atoms with Crippen molar-refractivity contribution in [2.45, 2.75) is 95.9 Å². The number of fused-ring (bicyclic) bond motifs is 2. The van der Waals surface area contributed by atoms with Crippen molar-refractivity contribution in [3.63, 3.8) is 0 Å². The second-order valence-electron chi connectivity index (χ2n) is 9.68. The van der Waals surface area contributed by atoms with Crippen LogP contribution in [0.15, 0.2) is 0 Å². The molecule has 1 N–H and O–H groups in total. The van der Waals surface area contributed by atoms with Gasteiger partial charge in [0.1, 0.15) is 15.6 Å². The summed E-state index contributed by atoms with van der Waals surface area (Å²) in [5.41, 5.74) is -0.496. The Morgan fingerprint density at radius 1 is 1.23 bits per heavy atom. The van der Waals surface area contributed by atoms with Gasteiger partial charge in [0.2, 0.25) is 0 Å². The van der Waals surface area contributed by atoms with Crippen LogP contribution in [-0.4, -0.2) is 63.1 Å². The Labute approximate surface area is 187 Å². The smallest absolute Gasteiger partial charge is 0.407 e. The van der Waals surface area contributed by atoms with Gasteiger partial charge in [-0.15, -0.1) is 10.2 Å². The zero-order valence-corrected chi connectivity index (χ0v) is 19.6. The van der Waals surface area contributed by atoms with Crippen LogP contribution in [-0.2, 0) is 9.57 Å². The maximum absolute atomic E-state index is 12.8. The van der Waals surface area contributed by atoms with Crippen LogP contribution in [0.5, 0.6) is 0 Å². The lowest BCUT2D eigenvalue weighted by atomic mass is 9.81. The molecule has 10 heteroatoms. The number of rotatable bonds is 7. The Hall–Kier alpha value is -1.94. The maximum Gasteiger partial charge on any atom is 0.407 e. The number of hydroxylamine groups is 2. The molecule has 3 amide bonds. The molecular weight excluding hydrogens is 418 g/mol. The predicted molar refractivity (Wildman–Crippen MR) is 116 cm³/mol. The number of amides is 3. The fourth-order valence-corrected chi connectivity index (χ4v) is 5.44. The molecule has 2 saturated heterocycles. The lowest BCUT2D eigenvalue weighted by Gasteiger charge is -2.34. The zero-order valence-electron chi connectivity index (χ0n) is 18.8. The average Bonchev–Trinajstić information content (AvgIpc) is 3.23. The van der Waals surface area contributed by atoms with Crippen LogP contribution in [0, 0.1) is 0 Å². The first-order valence-corrected chi connectivity index (χ1v) is 12.1.